The summed E-state index contributed by atoms with van der Waals surface area (Å²) >= 11 is 0. The van der Waals surface area contributed by atoms with Crippen molar-refractivity contribution in [3.05, 3.63) is 0 Å². The summed E-state index contributed by atoms with van der Waals surface area (Å²) in [5, 5.41) is 3.73. The van der Waals surface area contributed by atoms with Crippen LogP contribution in [0.25, 0.3) is 0 Å². The lowest BCUT2D eigenvalue weighted by Crippen LogP contribution is -2.43. The third-order valence-corrected chi connectivity index (χ3v) is 4.48. The van der Waals surface area contributed by atoms with Gasteiger partial charge in [-0.2, -0.15) is 0 Å². The molecule has 2 atom stereocenters. The lowest BCUT2D eigenvalue weighted by molar-refractivity contribution is 0.146. The molecule has 0 aromatic heterocycles. The fraction of sp³-hybridized carbons (Fsp3) is 1.00. The molecule has 2 fully saturated rings. The molecule has 2 heteroatoms. The van der Waals surface area contributed by atoms with Gasteiger partial charge in [0.05, 0.1) is 6.61 Å². The van der Waals surface area contributed by atoms with Gasteiger partial charge in [0.25, 0.3) is 0 Å². The second kappa shape index (κ2) is 6.02. The summed E-state index contributed by atoms with van der Waals surface area (Å²) in [6, 6.07) is 0.722. The van der Waals surface area contributed by atoms with Crippen molar-refractivity contribution in [2.45, 2.75) is 52.0 Å². The van der Waals surface area contributed by atoms with Crippen molar-refractivity contribution < 1.29 is 4.74 Å². The predicted molar refractivity (Wildman–Crippen MR) is 67.5 cm³/mol. The van der Waals surface area contributed by atoms with Gasteiger partial charge in [-0.05, 0) is 37.6 Å². The first kappa shape index (κ1) is 12.4. The van der Waals surface area contributed by atoms with Crippen molar-refractivity contribution in [3.8, 4) is 0 Å². The van der Waals surface area contributed by atoms with Gasteiger partial charge in [0.2, 0.25) is 0 Å². The van der Waals surface area contributed by atoms with Crippen LogP contribution in [0.2, 0.25) is 0 Å². The summed E-state index contributed by atoms with van der Waals surface area (Å²) in [5.41, 5.74) is 0. The van der Waals surface area contributed by atoms with Gasteiger partial charge in [-0.25, -0.2) is 0 Å². The number of rotatable bonds is 4. The lowest BCUT2D eigenvalue weighted by atomic mass is 9.75. The van der Waals surface area contributed by atoms with E-state index in [9.17, 15) is 0 Å². The molecule has 0 radical (unpaired) electrons. The van der Waals surface area contributed by atoms with Gasteiger partial charge in [-0.15, -0.1) is 0 Å². The molecule has 1 saturated carbocycles. The fourth-order valence-corrected chi connectivity index (χ4v) is 3.43. The molecule has 2 aliphatic rings. The fourth-order valence-electron chi connectivity index (χ4n) is 3.43. The molecule has 0 spiro atoms. The van der Waals surface area contributed by atoms with Crippen LogP contribution in [0.5, 0.6) is 0 Å². The van der Waals surface area contributed by atoms with Crippen LogP contribution in [0.1, 0.15) is 46.0 Å². The van der Waals surface area contributed by atoms with Crippen molar-refractivity contribution in [1.82, 2.24) is 5.32 Å². The van der Waals surface area contributed by atoms with E-state index in [2.05, 4.69) is 19.2 Å². The molecule has 2 rings (SSSR count). The van der Waals surface area contributed by atoms with Gasteiger partial charge >= 0.3 is 0 Å². The molecular weight excluding hydrogens is 198 g/mol. The highest BCUT2D eigenvalue weighted by molar-refractivity contribution is 4.87. The number of hydrogen-bond acceptors (Lipinski definition) is 2. The number of ether oxygens (including phenoxy) is 1. The molecule has 0 bridgehead atoms. The molecule has 2 nitrogen and oxygen atoms in total. The second-order valence-corrected chi connectivity index (χ2v) is 5.73. The number of nitrogens with one attached hydrogen (secondary N) is 1. The highest BCUT2D eigenvalue weighted by Crippen LogP contribution is 2.34. The Morgan fingerprint density at radius 2 is 1.88 bits per heavy atom. The van der Waals surface area contributed by atoms with Gasteiger partial charge in [0.15, 0.2) is 0 Å². The molecule has 1 heterocycles. The Morgan fingerprint density at radius 3 is 2.44 bits per heavy atom. The molecule has 94 valence electrons. The van der Waals surface area contributed by atoms with E-state index in [1.54, 1.807) is 0 Å². The predicted octanol–water partition coefficient (Wildman–Crippen LogP) is 2.83. The summed E-state index contributed by atoms with van der Waals surface area (Å²) in [6.07, 6.45) is 6.98. The van der Waals surface area contributed by atoms with Crippen molar-refractivity contribution in [2.75, 3.05) is 19.8 Å². The maximum absolute atomic E-state index is 5.56. The maximum Gasteiger partial charge on any atom is 0.0510 e. The van der Waals surface area contributed by atoms with Gasteiger partial charge in [0.1, 0.15) is 0 Å². The molecular formula is C14H27NO. The molecule has 1 aliphatic heterocycles. The minimum Gasteiger partial charge on any atom is -0.381 e. The second-order valence-electron chi connectivity index (χ2n) is 5.73. The third-order valence-electron chi connectivity index (χ3n) is 4.48. The summed E-state index contributed by atoms with van der Waals surface area (Å²) < 4.78 is 5.56. The highest BCUT2D eigenvalue weighted by atomic mass is 16.5. The molecule has 1 N–H and O–H groups in total. The molecule has 16 heavy (non-hydrogen) atoms. The Kier molecular flexibility index (Phi) is 4.66. The van der Waals surface area contributed by atoms with E-state index in [0.29, 0.717) is 0 Å². The van der Waals surface area contributed by atoms with E-state index in [1.165, 1.54) is 32.1 Å². The first-order valence-electron chi connectivity index (χ1n) is 7.12. The summed E-state index contributed by atoms with van der Waals surface area (Å²) in [4.78, 5) is 0. The number of hydrogen-bond donors (Lipinski definition) is 1. The molecule has 0 aromatic carbocycles. The van der Waals surface area contributed by atoms with E-state index in [0.717, 1.165) is 43.6 Å². The topological polar surface area (TPSA) is 21.3 Å². The van der Waals surface area contributed by atoms with E-state index in [4.69, 9.17) is 4.74 Å². The van der Waals surface area contributed by atoms with Crippen LogP contribution in [0.4, 0.5) is 0 Å². The highest BCUT2D eigenvalue weighted by Gasteiger charge is 2.33. The Bertz CT molecular complexity index is 193. The van der Waals surface area contributed by atoms with E-state index in [-0.39, 0.29) is 0 Å². The minimum absolute atomic E-state index is 0.722. The van der Waals surface area contributed by atoms with E-state index < -0.39 is 0 Å². The van der Waals surface area contributed by atoms with Gasteiger partial charge in [-0.1, -0.05) is 26.7 Å². The average molecular weight is 225 g/mol. The smallest absolute Gasteiger partial charge is 0.0510 e. The zero-order valence-electron chi connectivity index (χ0n) is 10.9. The van der Waals surface area contributed by atoms with Crippen LogP contribution >= 0.6 is 0 Å². The Balaban J connectivity index is 1.90. The SMILES string of the molecule is CCNC(C1CCC(C)CC1)C1CCOC1. The van der Waals surface area contributed by atoms with Crippen molar-refractivity contribution in [1.29, 1.82) is 0 Å². The van der Waals surface area contributed by atoms with Crippen LogP contribution < -0.4 is 5.32 Å². The zero-order valence-corrected chi connectivity index (χ0v) is 10.9. The first-order valence-corrected chi connectivity index (χ1v) is 7.12. The Hall–Kier alpha value is -0.0800. The van der Waals surface area contributed by atoms with Crippen LogP contribution in [0, 0.1) is 17.8 Å². The van der Waals surface area contributed by atoms with Crippen molar-refractivity contribution in [3.63, 3.8) is 0 Å². The van der Waals surface area contributed by atoms with Gasteiger partial charge < -0.3 is 10.1 Å². The van der Waals surface area contributed by atoms with Crippen LogP contribution in [-0.4, -0.2) is 25.8 Å². The molecule has 0 aromatic rings. The first-order chi connectivity index (χ1) is 7.81. The molecule has 2 unspecified atom stereocenters. The van der Waals surface area contributed by atoms with Gasteiger partial charge in [0, 0.05) is 18.6 Å². The summed E-state index contributed by atoms with van der Waals surface area (Å²) in [5.74, 6) is 2.64. The van der Waals surface area contributed by atoms with Crippen molar-refractivity contribution >= 4 is 0 Å². The lowest BCUT2D eigenvalue weighted by Gasteiger charge is -2.36. The largest absolute Gasteiger partial charge is 0.381 e. The average Bonchev–Trinajstić information content (AvgIpc) is 2.81. The summed E-state index contributed by atoms with van der Waals surface area (Å²) in [7, 11) is 0. The monoisotopic (exact) mass is 225 g/mol. The third kappa shape index (κ3) is 2.98. The van der Waals surface area contributed by atoms with Gasteiger partial charge in [-0.3, -0.25) is 0 Å². The normalized spacial score (nSPS) is 37.5. The van der Waals surface area contributed by atoms with Crippen LogP contribution in [-0.2, 0) is 4.74 Å². The summed E-state index contributed by atoms with van der Waals surface area (Å²) in [6.45, 7) is 7.71. The maximum atomic E-state index is 5.56. The quantitative estimate of drug-likeness (QED) is 0.794. The molecule has 0 amide bonds. The van der Waals surface area contributed by atoms with Crippen LogP contribution in [0.3, 0.4) is 0 Å². The standard InChI is InChI=1S/C14H27NO/c1-3-15-14(13-8-9-16-10-13)12-6-4-11(2)5-7-12/h11-15H,3-10H2,1-2H3. The van der Waals surface area contributed by atoms with Crippen molar-refractivity contribution in [2.24, 2.45) is 17.8 Å². The Morgan fingerprint density at radius 1 is 1.12 bits per heavy atom. The molecule has 1 saturated heterocycles. The minimum atomic E-state index is 0.722. The van der Waals surface area contributed by atoms with Crippen LogP contribution in [0.15, 0.2) is 0 Å². The Labute approximate surface area is 100 Å². The molecule has 1 aliphatic carbocycles. The van der Waals surface area contributed by atoms with E-state index in [1.807, 2.05) is 0 Å². The zero-order chi connectivity index (χ0) is 11.4. The van der Waals surface area contributed by atoms with E-state index >= 15 is 0 Å².